The Morgan fingerprint density at radius 2 is 1.88 bits per heavy atom. The first-order valence-corrected chi connectivity index (χ1v) is 7.73. The summed E-state index contributed by atoms with van der Waals surface area (Å²) >= 11 is 4.18. The molecule has 1 nitrogen and oxygen atoms in total. The Labute approximate surface area is 121 Å². The van der Waals surface area contributed by atoms with Crippen molar-refractivity contribution in [1.82, 2.24) is 4.90 Å². The second-order valence-corrected chi connectivity index (χ2v) is 6.29. The molecular weight excluding hydrogens is 341 g/mol. The van der Waals surface area contributed by atoms with E-state index in [-0.39, 0.29) is 0 Å². The van der Waals surface area contributed by atoms with Gasteiger partial charge in [0.1, 0.15) is 0 Å². The third-order valence-electron chi connectivity index (χ3n) is 2.73. The van der Waals surface area contributed by atoms with Gasteiger partial charge >= 0.3 is 0 Å². The predicted octanol–water partition coefficient (Wildman–Crippen LogP) is 4.37. The SMILES string of the molecule is CCN(Cc1ccc(I)cc1)Cc1cccs1. The Bertz CT molecular complexity index is 436. The van der Waals surface area contributed by atoms with Crippen molar-refractivity contribution in [2.75, 3.05) is 6.54 Å². The smallest absolute Gasteiger partial charge is 0.0331 e. The van der Waals surface area contributed by atoms with E-state index in [2.05, 4.69) is 76.2 Å². The van der Waals surface area contributed by atoms with Crippen LogP contribution in [0.4, 0.5) is 0 Å². The van der Waals surface area contributed by atoms with E-state index in [4.69, 9.17) is 0 Å². The molecule has 3 heteroatoms. The van der Waals surface area contributed by atoms with E-state index >= 15 is 0 Å². The summed E-state index contributed by atoms with van der Waals surface area (Å²) in [6, 6.07) is 13.1. The third-order valence-corrected chi connectivity index (χ3v) is 4.31. The van der Waals surface area contributed by atoms with Crippen molar-refractivity contribution in [1.29, 1.82) is 0 Å². The number of halogens is 1. The molecule has 90 valence electrons. The highest BCUT2D eigenvalue weighted by Gasteiger charge is 2.05. The Balaban J connectivity index is 1.97. The van der Waals surface area contributed by atoms with E-state index in [1.54, 1.807) is 0 Å². The molecule has 0 fully saturated rings. The lowest BCUT2D eigenvalue weighted by Gasteiger charge is -2.19. The van der Waals surface area contributed by atoms with Crippen molar-refractivity contribution in [3.63, 3.8) is 0 Å². The topological polar surface area (TPSA) is 3.24 Å². The van der Waals surface area contributed by atoms with E-state index in [1.165, 1.54) is 14.0 Å². The van der Waals surface area contributed by atoms with Crippen LogP contribution in [0.25, 0.3) is 0 Å². The van der Waals surface area contributed by atoms with Gasteiger partial charge in [-0.2, -0.15) is 0 Å². The zero-order valence-electron chi connectivity index (χ0n) is 9.90. The molecule has 0 spiro atoms. The van der Waals surface area contributed by atoms with E-state index in [0.717, 1.165) is 19.6 Å². The number of hydrogen-bond acceptors (Lipinski definition) is 2. The van der Waals surface area contributed by atoms with Gasteiger partial charge in [0.2, 0.25) is 0 Å². The zero-order valence-corrected chi connectivity index (χ0v) is 12.9. The molecule has 0 atom stereocenters. The molecule has 2 rings (SSSR count). The molecule has 0 bridgehead atoms. The zero-order chi connectivity index (χ0) is 12.1. The average Bonchev–Trinajstić information content (AvgIpc) is 2.84. The van der Waals surface area contributed by atoms with Crippen molar-refractivity contribution in [2.45, 2.75) is 20.0 Å². The molecule has 0 unspecified atom stereocenters. The summed E-state index contributed by atoms with van der Waals surface area (Å²) in [5.74, 6) is 0. The highest BCUT2D eigenvalue weighted by atomic mass is 127. The third kappa shape index (κ3) is 4.08. The number of benzene rings is 1. The first kappa shape index (κ1) is 13.1. The summed E-state index contributed by atoms with van der Waals surface area (Å²) in [7, 11) is 0. The molecule has 0 aliphatic heterocycles. The normalized spacial score (nSPS) is 11.0. The van der Waals surface area contributed by atoms with Gasteiger partial charge in [0.05, 0.1) is 0 Å². The first-order chi connectivity index (χ1) is 8.28. The van der Waals surface area contributed by atoms with Crippen molar-refractivity contribution >= 4 is 33.9 Å². The molecule has 0 radical (unpaired) electrons. The van der Waals surface area contributed by atoms with Crippen LogP contribution < -0.4 is 0 Å². The van der Waals surface area contributed by atoms with E-state index in [1.807, 2.05) is 11.3 Å². The van der Waals surface area contributed by atoms with Gasteiger partial charge in [-0.3, -0.25) is 4.90 Å². The lowest BCUT2D eigenvalue weighted by atomic mass is 10.2. The van der Waals surface area contributed by atoms with Crippen LogP contribution in [0.2, 0.25) is 0 Å². The molecule has 0 aliphatic rings. The van der Waals surface area contributed by atoms with Crippen LogP contribution in [0.5, 0.6) is 0 Å². The van der Waals surface area contributed by atoms with Gasteiger partial charge in [-0.15, -0.1) is 11.3 Å². The Kier molecular flexibility index (Phi) is 5.00. The summed E-state index contributed by atoms with van der Waals surface area (Å²) in [5.41, 5.74) is 1.39. The van der Waals surface area contributed by atoms with Gasteiger partial charge in [-0.25, -0.2) is 0 Å². The standard InChI is InChI=1S/C14H16INS/c1-2-16(11-14-4-3-9-17-14)10-12-5-7-13(15)8-6-12/h3-9H,2,10-11H2,1H3. The fourth-order valence-electron chi connectivity index (χ4n) is 1.75. The van der Waals surface area contributed by atoms with Gasteiger partial charge in [0.15, 0.2) is 0 Å². The molecule has 1 heterocycles. The fourth-order valence-corrected chi connectivity index (χ4v) is 2.86. The number of rotatable bonds is 5. The van der Waals surface area contributed by atoms with Crippen molar-refractivity contribution in [3.8, 4) is 0 Å². The number of hydrogen-bond donors (Lipinski definition) is 0. The van der Waals surface area contributed by atoms with Crippen LogP contribution in [0, 0.1) is 3.57 Å². The Hall–Kier alpha value is -0.390. The largest absolute Gasteiger partial charge is 0.294 e. The van der Waals surface area contributed by atoms with Gasteiger partial charge in [-0.05, 0) is 58.3 Å². The van der Waals surface area contributed by atoms with Crippen LogP contribution in [-0.2, 0) is 13.1 Å². The van der Waals surface area contributed by atoms with Gasteiger partial charge in [0.25, 0.3) is 0 Å². The molecular formula is C14H16INS. The molecule has 0 amide bonds. The van der Waals surface area contributed by atoms with Crippen LogP contribution in [-0.4, -0.2) is 11.4 Å². The maximum Gasteiger partial charge on any atom is 0.0331 e. The summed E-state index contributed by atoms with van der Waals surface area (Å²) in [6.45, 7) is 5.40. The quantitative estimate of drug-likeness (QED) is 0.718. The fraction of sp³-hybridized carbons (Fsp3) is 0.286. The van der Waals surface area contributed by atoms with E-state index in [0.29, 0.717) is 0 Å². The molecule has 17 heavy (non-hydrogen) atoms. The van der Waals surface area contributed by atoms with E-state index < -0.39 is 0 Å². The summed E-state index contributed by atoms with van der Waals surface area (Å²) in [6.07, 6.45) is 0. The molecule has 0 saturated heterocycles. The van der Waals surface area contributed by atoms with Crippen LogP contribution in [0.3, 0.4) is 0 Å². The highest BCUT2D eigenvalue weighted by Crippen LogP contribution is 2.15. The molecule has 0 saturated carbocycles. The molecule has 1 aromatic carbocycles. The summed E-state index contributed by atoms with van der Waals surface area (Å²) < 4.78 is 1.30. The number of thiophene rings is 1. The molecule has 0 aliphatic carbocycles. The predicted molar refractivity (Wildman–Crippen MR) is 83.3 cm³/mol. The monoisotopic (exact) mass is 357 g/mol. The molecule has 0 N–H and O–H groups in total. The lowest BCUT2D eigenvalue weighted by molar-refractivity contribution is 0.274. The maximum atomic E-state index is 2.47. The highest BCUT2D eigenvalue weighted by molar-refractivity contribution is 14.1. The second-order valence-electron chi connectivity index (χ2n) is 4.01. The Morgan fingerprint density at radius 1 is 1.12 bits per heavy atom. The average molecular weight is 357 g/mol. The minimum absolute atomic E-state index is 1.03. The first-order valence-electron chi connectivity index (χ1n) is 5.77. The van der Waals surface area contributed by atoms with Gasteiger partial charge in [0, 0.05) is 21.5 Å². The van der Waals surface area contributed by atoms with Crippen LogP contribution in [0.15, 0.2) is 41.8 Å². The summed E-state index contributed by atoms with van der Waals surface area (Å²) in [4.78, 5) is 3.91. The number of nitrogens with zero attached hydrogens (tertiary/aromatic N) is 1. The van der Waals surface area contributed by atoms with Crippen LogP contribution >= 0.6 is 33.9 Å². The van der Waals surface area contributed by atoms with Crippen LogP contribution in [0.1, 0.15) is 17.4 Å². The second kappa shape index (κ2) is 6.52. The molecule has 1 aromatic heterocycles. The van der Waals surface area contributed by atoms with Gasteiger partial charge < -0.3 is 0 Å². The maximum absolute atomic E-state index is 2.47. The van der Waals surface area contributed by atoms with Gasteiger partial charge in [-0.1, -0.05) is 25.1 Å². The lowest BCUT2D eigenvalue weighted by Crippen LogP contribution is -2.21. The minimum atomic E-state index is 1.03. The summed E-state index contributed by atoms with van der Waals surface area (Å²) in [5, 5.41) is 2.15. The van der Waals surface area contributed by atoms with Crippen molar-refractivity contribution < 1.29 is 0 Å². The van der Waals surface area contributed by atoms with E-state index in [9.17, 15) is 0 Å². The molecule has 2 aromatic rings. The Morgan fingerprint density at radius 3 is 2.47 bits per heavy atom. The minimum Gasteiger partial charge on any atom is -0.294 e. The van der Waals surface area contributed by atoms with Crippen molar-refractivity contribution in [2.24, 2.45) is 0 Å². The van der Waals surface area contributed by atoms with Crippen molar-refractivity contribution in [3.05, 3.63) is 55.8 Å².